The van der Waals surface area contributed by atoms with Gasteiger partial charge in [0.05, 0.1) is 4.91 Å². The van der Waals surface area contributed by atoms with Crippen molar-refractivity contribution in [1.29, 1.82) is 0 Å². The highest BCUT2D eigenvalue weighted by molar-refractivity contribution is 8.18. The quantitative estimate of drug-likeness (QED) is 0.713. The number of likely N-dealkylation sites (tertiary alicyclic amines) is 1. The number of carbonyl (C=O) groups is 1. The van der Waals surface area contributed by atoms with Crippen LogP contribution in [0.25, 0.3) is 6.08 Å². The Labute approximate surface area is 165 Å². The third-order valence-electron chi connectivity index (χ3n) is 5.20. The molecule has 0 aromatic heterocycles. The lowest BCUT2D eigenvalue weighted by Gasteiger charge is -2.32. The maximum absolute atomic E-state index is 12.3. The molecule has 4 rings (SSSR count). The van der Waals surface area contributed by atoms with Crippen molar-refractivity contribution in [2.45, 2.75) is 26.2 Å². The van der Waals surface area contributed by atoms with Gasteiger partial charge in [0.15, 0.2) is 5.17 Å². The van der Waals surface area contributed by atoms with E-state index in [0.717, 1.165) is 48.0 Å². The van der Waals surface area contributed by atoms with Crippen molar-refractivity contribution in [2.24, 2.45) is 10.9 Å². The zero-order valence-corrected chi connectivity index (χ0v) is 16.4. The highest BCUT2D eigenvalue weighted by atomic mass is 32.2. The number of hydrogen-bond donors (Lipinski definition) is 0. The SMILES string of the molecule is Cc1cccc(/C=C2\SC(N3CCC(Cc4ccccc4)CC3)=NC2=O)c1. The molecular formula is C23H24N2OS. The monoisotopic (exact) mass is 376 g/mol. The minimum Gasteiger partial charge on any atom is -0.351 e. The molecule has 0 bridgehead atoms. The van der Waals surface area contributed by atoms with Crippen LogP contribution < -0.4 is 0 Å². The van der Waals surface area contributed by atoms with E-state index in [2.05, 4.69) is 59.3 Å². The van der Waals surface area contributed by atoms with Gasteiger partial charge >= 0.3 is 0 Å². The maximum atomic E-state index is 12.3. The minimum absolute atomic E-state index is 0.108. The predicted molar refractivity (Wildman–Crippen MR) is 114 cm³/mol. The number of rotatable bonds is 3. The molecule has 0 atom stereocenters. The lowest BCUT2D eigenvalue weighted by molar-refractivity contribution is -0.113. The number of benzene rings is 2. The lowest BCUT2D eigenvalue weighted by atomic mass is 9.90. The Morgan fingerprint density at radius 3 is 2.63 bits per heavy atom. The average Bonchev–Trinajstić information content (AvgIpc) is 3.04. The molecule has 0 unspecified atom stereocenters. The van der Waals surface area contributed by atoms with E-state index in [1.54, 1.807) is 0 Å². The van der Waals surface area contributed by atoms with Crippen molar-refractivity contribution in [1.82, 2.24) is 4.90 Å². The van der Waals surface area contributed by atoms with E-state index in [9.17, 15) is 4.79 Å². The molecule has 0 radical (unpaired) electrons. The van der Waals surface area contributed by atoms with E-state index >= 15 is 0 Å². The van der Waals surface area contributed by atoms with Crippen LogP contribution in [-0.4, -0.2) is 29.1 Å². The zero-order valence-electron chi connectivity index (χ0n) is 15.6. The Kier molecular flexibility index (Phi) is 5.44. The number of thioether (sulfide) groups is 1. The van der Waals surface area contributed by atoms with Crippen molar-refractivity contribution in [3.8, 4) is 0 Å². The average molecular weight is 377 g/mol. The minimum atomic E-state index is -0.108. The third kappa shape index (κ3) is 4.51. The first-order valence-electron chi connectivity index (χ1n) is 9.55. The first-order chi connectivity index (χ1) is 13.2. The molecule has 4 heteroatoms. The predicted octanol–water partition coefficient (Wildman–Crippen LogP) is 4.92. The van der Waals surface area contributed by atoms with E-state index in [-0.39, 0.29) is 5.91 Å². The molecular weight excluding hydrogens is 352 g/mol. The summed E-state index contributed by atoms with van der Waals surface area (Å²) >= 11 is 1.52. The van der Waals surface area contributed by atoms with E-state index in [1.807, 2.05) is 18.2 Å². The Bertz CT molecular complexity index is 880. The summed E-state index contributed by atoms with van der Waals surface area (Å²) in [6.07, 6.45) is 5.41. The molecule has 2 aromatic rings. The molecule has 0 spiro atoms. The van der Waals surface area contributed by atoms with Gasteiger partial charge in [-0.1, -0.05) is 60.2 Å². The van der Waals surface area contributed by atoms with Crippen LogP contribution in [0.2, 0.25) is 0 Å². The molecule has 2 aliphatic heterocycles. The summed E-state index contributed by atoms with van der Waals surface area (Å²) in [5, 5.41) is 0.872. The standard InChI is InChI=1S/C23H24N2OS/c1-17-6-5-9-20(14-17)16-21-22(26)24-23(27-21)25-12-10-19(11-13-25)15-18-7-3-2-4-8-18/h2-9,14,16,19H,10-13,15H2,1H3/b21-16-. The summed E-state index contributed by atoms with van der Waals surface area (Å²) in [4.78, 5) is 19.6. The fourth-order valence-electron chi connectivity index (χ4n) is 3.72. The molecule has 0 aliphatic carbocycles. The molecule has 0 N–H and O–H groups in total. The number of amidine groups is 1. The fraction of sp³-hybridized carbons (Fsp3) is 0.304. The largest absolute Gasteiger partial charge is 0.351 e. The highest BCUT2D eigenvalue weighted by Crippen LogP contribution is 2.32. The first kappa shape index (κ1) is 18.1. The molecule has 2 aliphatic rings. The van der Waals surface area contributed by atoms with Gasteiger partial charge in [0.1, 0.15) is 0 Å². The first-order valence-corrected chi connectivity index (χ1v) is 10.4. The smallest absolute Gasteiger partial charge is 0.286 e. The van der Waals surface area contributed by atoms with Gasteiger partial charge in [-0.2, -0.15) is 4.99 Å². The molecule has 2 heterocycles. The van der Waals surface area contributed by atoms with Gasteiger partial charge in [0.25, 0.3) is 5.91 Å². The van der Waals surface area contributed by atoms with Crippen molar-refractivity contribution in [2.75, 3.05) is 13.1 Å². The fourth-order valence-corrected chi connectivity index (χ4v) is 4.69. The maximum Gasteiger partial charge on any atom is 0.286 e. The van der Waals surface area contributed by atoms with Crippen LogP contribution in [0.3, 0.4) is 0 Å². The summed E-state index contributed by atoms with van der Waals surface area (Å²) in [6.45, 7) is 4.02. The molecule has 2 aromatic carbocycles. The number of carbonyl (C=O) groups excluding carboxylic acids is 1. The van der Waals surface area contributed by atoms with Gasteiger partial charge in [-0.25, -0.2) is 0 Å². The van der Waals surface area contributed by atoms with Gasteiger partial charge in [-0.15, -0.1) is 0 Å². The second kappa shape index (κ2) is 8.13. The molecule has 138 valence electrons. The van der Waals surface area contributed by atoms with E-state index in [1.165, 1.54) is 22.9 Å². The molecule has 27 heavy (non-hydrogen) atoms. The Morgan fingerprint density at radius 1 is 1.11 bits per heavy atom. The summed E-state index contributed by atoms with van der Waals surface area (Å²) in [7, 11) is 0. The van der Waals surface area contributed by atoms with E-state index in [0.29, 0.717) is 5.92 Å². The van der Waals surface area contributed by atoms with Crippen LogP contribution in [0.15, 0.2) is 64.5 Å². The van der Waals surface area contributed by atoms with Gasteiger partial charge in [-0.3, -0.25) is 4.79 Å². The number of hydrogen-bond acceptors (Lipinski definition) is 3. The Balaban J connectivity index is 1.35. The number of piperidine rings is 1. The van der Waals surface area contributed by atoms with E-state index in [4.69, 9.17) is 0 Å². The molecule has 3 nitrogen and oxygen atoms in total. The topological polar surface area (TPSA) is 32.7 Å². The molecule has 0 saturated carbocycles. The summed E-state index contributed by atoms with van der Waals surface area (Å²) in [5.74, 6) is 0.608. The Hall–Kier alpha value is -2.33. The summed E-state index contributed by atoms with van der Waals surface area (Å²) in [6, 6.07) is 18.9. The number of aliphatic imine (C=N–C) groups is 1. The summed E-state index contributed by atoms with van der Waals surface area (Å²) in [5.41, 5.74) is 3.67. The molecule has 1 saturated heterocycles. The summed E-state index contributed by atoms with van der Waals surface area (Å²) < 4.78 is 0. The normalized spacial score (nSPS) is 19.6. The van der Waals surface area contributed by atoms with E-state index < -0.39 is 0 Å². The zero-order chi connectivity index (χ0) is 18.6. The van der Waals surface area contributed by atoms with Gasteiger partial charge < -0.3 is 4.90 Å². The van der Waals surface area contributed by atoms with Gasteiger partial charge in [0.2, 0.25) is 0 Å². The molecule has 1 amide bonds. The third-order valence-corrected chi connectivity index (χ3v) is 6.25. The van der Waals surface area contributed by atoms with Crippen LogP contribution in [-0.2, 0) is 11.2 Å². The number of aryl methyl sites for hydroxylation is 1. The van der Waals surface area contributed by atoms with Crippen LogP contribution in [0.5, 0.6) is 0 Å². The Morgan fingerprint density at radius 2 is 1.89 bits per heavy atom. The number of nitrogens with zero attached hydrogens (tertiary/aromatic N) is 2. The van der Waals surface area contributed by atoms with Crippen LogP contribution in [0, 0.1) is 12.8 Å². The van der Waals surface area contributed by atoms with Crippen LogP contribution >= 0.6 is 11.8 Å². The molecule has 1 fully saturated rings. The van der Waals surface area contributed by atoms with Crippen LogP contribution in [0.1, 0.15) is 29.5 Å². The van der Waals surface area contributed by atoms with Crippen molar-refractivity contribution < 1.29 is 4.79 Å². The second-order valence-corrected chi connectivity index (χ2v) is 8.35. The van der Waals surface area contributed by atoms with Crippen molar-refractivity contribution in [3.05, 3.63) is 76.2 Å². The van der Waals surface area contributed by atoms with Crippen LogP contribution in [0.4, 0.5) is 0 Å². The van der Waals surface area contributed by atoms with Crippen molar-refractivity contribution in [3.63, 3.8) is 0 Å². The highest BCUT2D eigenvalue weighted by Gasteiger charge is 2.29. The number of amides is 1. The second-order valence-electron chi connectivity index (χ2n) is 7.34. The lowest BCUT2D eigenvalue weighted by Crippen LogP contribution is -2.37. The van der Waals surface area contributed by atoms with Gasteiger partial charge in [0, 0.05) is 13.1 Å². The van der Waals surface area contributed by atoms with Crippen molar-refractivity contribution >= 4 is 28.9 Å². The van der Waals surface area contributed by atoms with Gasteiger partial charge in [-0.05, 0) is 61.1 Å².